The first-order chi connectivity index (χ1) is 7.92. The highest BCUT2D eigenvalue weighted by molar-refractivity contribution is 5.80. The summed E-state index contributed by atoms with van der Waals surface area (Å²) in [7, 11) is 0. The van der Waals surface area contributed by atoms with Gasteiger partial charge < -0.3 is 15.0 Å². The SMILES string of the molecule is c1ccc2[nH]c(CNCC3COC3)cc2c1. The summed E-state index contributed by atoms with van der Waals surface area (Å²) >= 11 is 0. The summed E-state index contributed by atoms with van der Waals surface area (Å²) in [6.07, 6.45) is 0. The number of rotatable bonds is 4. The van der Waals surface area contributed by atoms with E-state index in [0.29, 0.717) is 5.92 Å². The van der Waals surface area contributed by atoms with E-state index in [0.717, 1.165) is 26.3 Å². The lowest BCUT2D eigenvalue weighted by molar-refractivity contribution is -0.0307. The number of para-hydroxylation sites is 1. The molecule has 2 aromatic rings. The fraction of sp³-hybridized carbons (Fsp3) is 0.385. The number of H-pyrrole nitrogens is 1. The smallest absolute Gasteiger partial charge is 0.0528 e. The molecule has 84 valence electrons. The van der Waals surface area contributed by atoms with Crippen molar-refractivity contribution in [2.45, 2.75) is 6.54 Å². The van der Waals surface area contributed by atoms with Crippen LogP contribution in [0.2, 0.25) is 0 Å². The Balaban J connectivity index is 1.60. The maximum atomic E-state index is 5.14. The Morgan fingerprint density at radius 2 is 2.19 bits per heavy atom. The second-order valence-electron chi connectivity index (χ2n) is 4.42. The van der Waals surface area contributed by atoms with E-state index in [1.54, 1.807) is 0 Å². The molecule has 0 unspecified atom stereocenters. The van der Waals surface area contributed by atoms with Crippen LogP contribution < -0.4 is 5.32 Å². The predicted molar refractivity (Wildman–Crippen MR) is 64.3 cm³/mol. The summed E-state index contributed by atoms with van der Waals surface area (Å²) in [4.78, 5) is 3.41. The maximum Gasteiger partial charge on any atom is 0.0528 e. The number of nitrogens with one attached hydrogen (secondary N) is 2. The van der Waals surface area contributed by atoms with E-state index in [2.05, 4.69) is 40.6 Å². The Labute approximate surface area is 94.8 Å². The number of fused-ring (bicyclic) bond motifs is 1. The topological polar surface area (TPSA) is 37.0 Å². The molecule has 0 radical (unpaired) electrons. The molecule has 1 fully saturated rings. The van der Waals surface area contributed by atoms with Crippen molar-refractivity contribution in [3.8, 4) is 0 Å². The number of aromatic amines is 1. The number of benzene rings is 1. The van der Waals surface area contributed by atoms with Crippen LogP contribution in [0.4, 0.5) is 0 Å². The average molecular weight is 216 g/mol. The molecule has 1 aromatic heterocycles. The zero-order valence-corrected chi connectivity index (χ0v) is 9.20. The van der Waals surface area contributed by atoms with Gasteiger partial charge in [-0.2, -0.15) is 0 Å². The van der Waals surface area contributed by atoms with Crippen LogP contribution in [0.25, 0.3) is 10.9 Å². The summed E-state index contributed by atoms with van der Waals surface area (Å²) in [5, 5.41) is 4.74. The molecule has 3 heteroatoms. The number of ether oxygens (including phenoxy) is 1. The lowest BCUT2D eigenvalue weighted by Crippen LogP contribution is -2.36. The van der Waals surface area contributed by atoms with Gasteiger partial charge in [0.2, 0.25) is 0 Å². The molecular weight excluding hydrogens is 200 g/mol. The van der Waals surface area contributed by atoms with E-state index in [4.69, 9.17) is 4.74 Å². The summed E-state index contributed by atoms with van der Waals surface area (Å²) in [6.45, 7) is 3.79. The molecule has 0 atom stereocenters. The molecule has 1 aromatic carbocycles. The molecule has 2 N–H and O–H groups in total. The van der Waals surface area contributed by atoms with E-state index in [9.17, 15) is 0 Å². The first-order valence-electron chi connectivity index (χ1n) is 5.77. The molecule has 0 bridgehead atoms. The standard InChI is InChI=1S/C13H16N2O/c1-2-4-13-11(3-1)5-12(15-13)7-14-6-10-8-16-9-10/h1-5,10,14-15H,6-9H2. The Morgan fingerprint density at radius 1 is 1.31 bits per heavy atom. The van der Waals surface area contributed by atoms with E-state index >= 15 is 0 Å². The van der Waals surface area contributed by atoms with E-state index < -0.39 is 0 Å². The van der Waals surface area contributed by atoms with Gasteiger partial charge in [-0.3, -0.25) is 0 Å². The Kier molecular flexibility index (Phi) is 2.64. The average Bonchev–Trinajstić information content (AvgIpc) is 2.64. The molecule has 16 heavy (non-hydrogen) atoms. The van der Waals surface area contributed by atoms with Crippen molar-refractivity contribution in [3.63, 3.8) is 0 Å². The lowest BCUT2D eigenvalue weighted by atomic mass is 10.1. The van der Waals surface area contributed by atoms with Crippen molar-refractivity contribution in [2.24, 2.45) is 5.92 Å². The lowest BCUT2D eigenvalue weighted by Gasteiger charge is -2.25. The van der Waals surface area contributed by atoms with Crippen LogP contribution >= 0.6 is 0 Å². The largest absolute Gasteiger partial charge is 0.381 e. The molecule has 1 aliphatic heterocycles. The highest BCUT2D eigenvalue weighted by atomic mass is 16.5. The van der Waals surface area contributed by atoms with Crippen LogP contribution in [-0.2, 0) is 11.3 Å². The molecular formula is C13H16N2O. The van der Waals surface area contributed by atoms with Crippen LogP contribution in [0.5, 0.6) is 0 Å². The summed E-state index contributed by atoms with van der Waals surface area (Å²) in [6, 6.07) is 10.6. The first-order valence-corrected chi connectivity index (χ1v) is 5.77. The minimum absolute atomic E-state index is 0.712. The predicted octanol–water partition coefficient (Wildman–Crippen LogP) is 1.90. The molecule has 3 nitrogen and oxygen atoms in total. The minimum Gasteiger partial charge on any atom is -0.381 e. The molecule has 0 amide bonds. The van der Waals surface area contributed by atoms with Crippen molar-refractivity contribution in [2.75, 3.05) is 19.8 Å². The second kappa shape index (κ2) is 4.28. The Hall–Kier alpha value is -1.32. The Bertz CT molecular complexity index is 440. The number of hydrogen-bond donors (Lipinski definition) is 2. The quantitative estimate of drug-likeness (QED) is 0.819. The van der Waals surface area contributed by atoms with Gasteiger partial charge in [0.05, 0.1) is 13.2 Å². The first kappa shape index (κ1) is 9.87. The minimum atomic E-state index is 0.712. The summed E-state index contributed by atoms with van der Waals surface area (Å²) < 4.78 is 5.14. The van der Waals surface area contributed by atoms with Crippen molar-refractivity contribution in [1.29, 1.82) is 0 Å². The van der Waals surface area contributed by atoms with Gasteiger partial charge in [0.1, 0.15) is 0 Å². The van der Waals surface area contributed by atoms with E-state index in [1.807, 2.05) is 0 Å². The molecule has 0 spiro atoms. The van der Waals surface area contributed by atoms with Gasteiger partial charge in [-0.15, -0.1) is 0 Å². The van der Waals surface area contributed by atoms with Gasteiger partial charge >= 0.3 is 0 Å². The van der Waals surface area contributed by atoms with Crippen molar-refractivity contribution < 1.29 is 4.74 Å². The highest BCUT2D eigenvalue weighted by Gasteiger charge is 2.17. The van der Waals surface area contributed by atoms with Gasteiger partial charge in [0.15, 0.2) is 0 Å². The van der Waals surface area contributed by atoms with Crippen LogP contribution in [0.15, 0.2) is 30.3 Å². The van der Waals surface area contributed by atoms with Crippen molar-refractivity contribution in [3.05, 3.63) is 36.0 Å². The van der Waals surface area contributed by atoms with E-state index in [1.165, 1.54) is 16.6 Å². The Morgan fingerprint density at radius 3 is 2.94 bits per heavy atom. The van der Waals surface area contributed by atoms with Gasteiger partial charge in [0.25, 0.3) is 0 Å². The fourth-order valence-corrected chi connectivity index (χ4v) is 2.04. The molecule has 1 aliphatic rings. The van der Waals surface area contributed by atoms with Gasteiger partial charge in [-0.1, -0.05) is 18.2 Å². The number of aromatic nitrogens is 1. The van der Waals surface area contributed by atoms with Gasteiger partial charge in [0, 0.05) is 30.2 Å². The molecule has 2 heterocycles. The van der Waals surface area contributed by atoms with Crippen molar-refractivity contribution in [1.82, 2.24) is 10.3 Å². The van der Waals surface area contributed by atoms with Crippen LogP contribution in [0, 0.1) is 5.92 Å². The van der Waals surface area contributed by atoms with E-state index in [-0.39, 0.29) is 0 Å². The van der Waals surface area contributed by atoms with Crippen LogP contribution in [-0.4, -0.2) is 24.7 Å². The number of hydrogen-bond acceptors (Lipinski definition) is 2. The zero-order valence-electron chi connectivity index (χ0n) is 9.20. The molecule has 1 saturated heterocycles. The van der Waals surface area contributed by atoms with Gasteiger partial charge in [-0.25, -0.2) is 0 Å². The maximum absolute atomic E-state index is 5.14. The third-order valence-corrected chi connectivity index (χ3v) is 3.04. The van der Waals surface area contributed by atoms with Crippen LogP contribution in [0.3, 0.4) is 0 Å². The zero-order chi connectivity index (χ0) is 10.8. The highest BCUT2D eigenvalue weighted by Crippen LogP contribution is 2.14. The monoisotopic (exact) mass is 216 g/mol. The molecule has 3 rings (SSSR count). The van der Waals surface area contributed by atoms with Crippen molar-refractivity contribution >= 4 is 10.9 Å². The van der Waals surface area contributed by atoms with Gasteiger partial charge in [-0.05, 0) is 17.5 Å². The van der Waals surface area contributed by atoms with Crippen LogP contribution in [0.1, 0.15) is 5.69 Å². The fourth-order valence-electron chi connectivity index (χ4n) is 2.04. The third kappa shape index (κ3) is 1.96. The second-order valence-corrected chi connectivity index (χ2v) is 4.42. The summed E-state index contributed by atoms with van der Waals surface area (Å²) in [5.74, 6) is 0.712. The molecule has 0 saturated carbocycles. The normalized spacial score (nSPS) is 16.5. The summed E-state index contributed by atoms with van der Waals surface area (Å²) in [5.41, 5.74) is 2.47. The third-order valence-electron chi connectivity index (χ3n) is 3.04. The molecule has 0 aliphatic carbocycles.